The second-order valence-corrected chi connectivity index (χ2v) is 4.19. The van der Waals surface area contributed by atoms with Crippen molar-refractivity contribution in [3.63, 3.8) is 0 Å². The first-order valence-corrected chi connectivity index (χ1v) is 6.36. The number of hydrogen-bond acceptors (Lipinski definition) is 2. The molecular formula is C13H24N2O. The van der Waals surface area contributed by atoms with E-state index in [2.05, 4.69) is 19.9 Å². The fourth-order valence-electron chi connectivity index (χ4n) is 1.97. The topological polar surface area (TPSA) is 44.1 Å². The lowest BCUT2D eigenvalue weighted by Crippen LogP contribution is -2.37. The molecule has 0 fully saturated rings. The van der Waals surface area contributed by atoms with Crippen LogP contribution in [0.25, 0.3) is 0 Å². The van der Waals surface area contributed by atoms with E-state index in [1.807, 2.05) is 6.92 Å². The van der Waals surface area contributed by atoms with Crippen LogP contribution in [-0.2, 0) is 4.79 Å². The Morgan fingerprint density at radius 2 is 1.75 bits per heavy atom. The summed E-state index contributed by atoms with van der Waals surface area (Å²) < 4.78 is 0. The zero-order valence-corrected chi connectivity index (χ0v) is 10.8. The standard InChI is InChI=1S/C13H24N2O/c1-4-7-12(8-5-2)13(16)15(10-6-3)11-9-14/h12H,4-8,10-11H2,1-3H3. The molecule has 0 unspecified atom stereocenters. The normalized spacial score (nSPS) is 10.2. The number of nitriles is 1. The lowest BCUT2D eigenvalue weighted by atomic mass is 9.96. The van der Waals surface area contributed by atoms with E-state index in [0.29, 0.717) is 6.54 Å². The van der Waals surface area contributed by atoms with Gasteiger partial charge in [0.15, 0.2) is 0 Å². The fourth-order valence-corrected chi connectivity index (χ4v) is 1.97. The molecule has 0 saturated carbocycles. The van der Waals surface area contributed by atoms with Crippen molar-refractivity contribution in [2.75, 3.05) is 13.1 Å². The number of rotatable bonds is 8. The lowest BCUT2D eigenvalue weighted by molar-refractivity contribution is -0.135. The second kappa shape index (κ2) is 9.21. The number of carbonyl (C=O) groups is 1. The Morgan fingerprint density at radius 3 is 2.12 bits per heavy atom. The highest BCUT2D eigenvalue weighted by Crippen LogP contribution is 2.16. The van der Waals surface area contributed by atoms with Gasteiger partial charge in [0.05, 0.1) is 6.07 Å². The first kappa shape index (κ1) is 15.0. The Hall–Kier alpha value is -1.04. The highest BCUT2D eigenvalue weighted by molar-refractivity contribution is 5.79. The molecule has 0 heterocycles. The Bertz CT molecular complexity index is 227. The minimum absolute atomic E-state index is 0.120. The molecule has 16 heavy (non-hydrogen) atoms. The second-order valence-electron chi connectivity index (χ2n) is 4.19. The van der Waals surface area contributed by atoms with E-state index < -0.39 is 0 Å². The summed E-state index contributed by atoms with van der Waals surface area (Å²) in [6, 6.07) is 2.08. The summed E-state index contributed by atoms with van der Waals surface area (Å²) in [7, 11) is 0. The average molecular weight is 224 g/mol. The summed E-state index contributed by atoms with van der Waals surface area (Å²) in [5.74, 6) is 0.294. The van der Waals surface area contributed by atoms with E-state index in [4.69, 9.17) is 5.26 Å². The Balaban J connectivity index is 4.46. The molecule has 0 rings (SSSR count). The van der Waals surface area contributed by atoms with Gasteiger partial charge in [-0.3, -0.25) is 4.79 Å². The van der Waals surface area contributed by atoms with E-state index in [1.54, 1.807) is 4.90 Å². The van der Waals surface area contributed by atoms with Gasteiger partial charge in [-0.2, -0.15) is 5.26 Å². The molecule has 3 nitrogen and oxygen atoms in total. The molecule has 0 bridgehead atoms. The van der Waals surface area contributed by atoms with Crippen molar-refractivity contribution in [1.29, 1.82) is 5.26 Å². The van der Waals surface area contributed by atoms with Crippen molar-refractivity contribution < 1.29 is 4.79 Å². The molecule has 0 aliphatic carbocycles. The largest absolute Gasteiger partial charge is 0.329 e. The van der Waals surface area contributed by atoms with Gasteiger partial charge in [-0.25, -0.2) is 0 Å². The molecule has 0 aliphatic rings. The minimum Gasteiger partial charge on any atom is -0.329 e. The summed E-state index contributed by atoms with van der Waals surface area (Å²) in [5.41, 5.74) is 0. The van der Waals surface area contributed by atoms with Gasteiger partial charge in [-0.15, -0.1) is 0 Å². The van der Waals surface area contributed by atoms with Crippen LogP contribution < -0.4 is 0 Å². The van der Waals surface area contributed by atoms with Crippen LogP contribution in [0.5, 0.6) is 0 Å². The Morgan fingerprint density at radius 1 is 1.19 bits per heavy atom. The molecule has 1 amide bonds. The zero-order chi connectivity index (χ0) is 12.4. The predicted octanol–water partition coefficient (Wildman–Crippen LogP) is 2.96. The van der Waals surface area contributed by atoms with Crippen LogP contribution in [0, 0.1) is 17.2 Å². The molecule has 92 valence electrons. The number of carbonyl (C=O) groups excluding carboxylic acids is 1. The lowest BCUT2D eigenvalue weighted by Gasteiger charge is -2.24. The molecule has 0 spiro atoms. The molecule has 0 saturated heterocycles. The summed E-state index contributed by atoms with van der Waals surface area (Å²) in [4.78, 5) is 13.9. The van der Waals surface area contributed by atoms with Gasteiger partial charge in [0.1, 0.15) is 6.54 Å². The van der Waals surface area contributed by atoms with Crippen molar-refractivity contribution in [2.45, 2.75) is 52.9 Å². The zero-order valence-electron chi connectivity index (χ0n) is 10.8. The predicted molar refractivity (Wildman–Crippen MR) is 65.8 cm³/mol. The van der Waals surface area contributed by atoms with E-state index in [0.717, 1.165) is 32.1 Å². The van der Waals surface area contributed by atoms with Crippen LogP contribution in [0.15, 0.2) is 0 Å². The highest BCUT2D eigenvalue weighted by Gasteiger charge is 2.21. The SMILES string of the molecule is CCCC(CCC)C(=O)N(CC#N)CCC. The van der Waals surface area contributed by atoms with Crippen molar-refractivity contribution in [2.24, 2.45) is 5.92 Å². The smallest absolute Gasteiger partial charge is 0.226 e. The third-order valence-corrected chi connectivity index (χ3v) is 2.69. The van der Waals surface area contributed by atoms with E-state index >= 15 is 0 Å². The molecule has 0 aromatic carbocycles. The third-order valence-electron chi connectivity index (χ3n) is 2.69. The summed E-state index contributed by atoms with van der Waals surface area (Å²) in [5, 5.41) is 8.71. The quantitative estimate of drug-likeness (QED) is 0.595. The molecule has 0 aromatic heterocycles. The summed E-state index contributed by atoms with van der Waals surface area (Å²) >= 11 is 0. The Labute approximate surface area is 99.4 Å². The van der Waals surface area contributed by atoms with Crippen molar-refractivity contribution >= 4 is 5.91 Å². The molecule has 0 N–H and O–H groups in total. The van der Waals surface area contributed by atoms with Gasteiger partial charge >= 0.3 is 0 Å². The molecule has 0 atom stereocenters. The van der Waals surface area contributed by atoms with Gasteiger partial charge in [0, 0.05) is 12.5 Å². The van der Waals surface area contributed by atoms with E-state index in [1.165, 1.54) is 0 Å². The van der Waals surface area contributed by atoms with Crippen LogP contribution >= 0.6 is 0 Å². The summed E-state index contributed by atoms with van der Waals surface area (Å²) in [6.07, 6.45) is 4.86. The van der Waals surface area contributed by atoms with Gasteiger partial charge in [0.25, 0.3) is 0 Å². The molecular weight excluding hydrogens is 200 g/mol. The monoisotopic (exact) mass is 224 g/mol. The molecule has 0 aromatic rings. The minimum atomic E-state index is 0.120. The van der Waals surface area contributed by atoms with Crippen LogP contribution in [0.1, 0.15) is 52.9 Å². The maximum absolute atomic E-state index is 12.2. The Kier molecular flexibility index (Phi) is 8.61. The van der Waals surface area contributed by atoms with Crippen molar-refractivity contribution in [3.05, 3.63) is 0 Å². The van der Waals surface area contributed by atoms with Crippen molar-refractivity contribution in [3.8, 4) is 6.07 Å². The van der Waals surface area contributed by atoms with Crippen LogP contribution in [0.4, 0.5) is 0 Å². The number of nitrogens with zero attached hydrogens (tertiary/aromatic N) is 2. The average Bonchev–Trinajstić information content (AvgIpc) is 2.27. The highest BCUT2D eigenvalue weighted by atomic mass is 16.2. The van der Waals surface area contributed by atoms with Gasteiger partial charge in [0.2, 0.25) is 5.91 Å². The van der Waals surface area contributed by atoms with Crippen LogP contribution in [0.3, 0.4) is 0 Å². The van der Waals surface area contributed by atoms with E-state index in [-0.39, 0.29) is 18.4 Å². The van der Waals surface area contributed by atoms with Crippen LogP contribution in [0.2, 0.25) is 0 Å². The van der Waals surface area contributed by atoms with E-state index in [9.17, 15) is 4.79 Å². The number of amides is 1. The van der Waals surface area contributed by atoms with Gasteiger partial charge in [-0.05, 0) is 19.3 Å². The summed E-state index contributed by atoms with van der Waals surface area (Å²) in [6.45, 7) is 7.17. The first-order valence-electron chi connectivity index (χ1n) is 6.36. The fraction of sp³-hybridized carbons (Fsp3) is 0.846. The molecule has 0 radical (unpaired) electrons. The maximum atomic E-state index is 12.2. The first-order chi connectivity index (χ1) is 7.71. The third kappa shape index (κ3) is 5.16. The van der Waals surface area contributed by atoms with Crippen LogP contribution in [-0.4, -0.2) is 23.9 Å². The maximum Gasteiger partial charge on any atom is 0.226 e. The molecule has 0 aliphatic heterocycles. The molecule has 3 heteroatoms. The van der Waals surface area contributed by atoms with Gasteiger partial charge in [-0.1, -0.05) is 33.6 Å². The van der Waals surface area contributed by atoms with Gasteiger partial charge < -0.3 is 4.90 Å². The number of hydrogen-bond donors (Lipinski definition) is 0. The van der Waals surface area contributed by atoms with Crippen molar-refractivity contribution in [1.82, 2.24) is 4.90 Å².